The van der Waals surface area contributed by atoms with Crippen molar-refractivity contribution in [3.63, 3.8) is 0 Å². The van der Waals surface area contributed by atoms with Gasteiger partial charge in [-0.05, 0) is 49.3 Å². The maximum absolute atomic E-state index is 14.2. The number of aryl methyl sites for hydroxylation is 2. The number of carbonyl (C=O) groups excluding carboxylic acids is 2. The number of rotatable bonds is 12. The molecule has 232 valence electrons. The Labute approximate surface area is 254 Å². The van der Waals surface area contributed by atoms with Gasteiger partial charge in [-0.3, -0.25) is 19.4 Å². The van der Waals surface area contributed by atoms with E-state index in [9.17, 15) is 9.59 Å². The summed E-state index contributed by atoms with van der Waals surface area (Å²) >= 11 is 0. The maximum atomic E-state index is 14.2. The second-order valence-electron chi connectivity index (χ2n) is 12.2. The van der Waals surface area contributed by atoms with Crippen molar-refractivity contribution in [3.05, 3.63) is 47.7 Å². The molecule has 10 heteroatoms. The van der Waals surface area contributed by atoms with E-state index in [1.54, 1.807) is 30.3 Å². The van der Waals surface area contributed by atoms with Crippen molar-refractivity contribution in [2.45, 2.75) is 97.1 Å². The molecule has 2 fully saturated rings. The number of nitrogens with one attached hydrogen (secondary N) is 3. The summed E-state index contributed by atoms with van der Waals surface area (Å²) in [5.41, 5.74) is 4.43. The van der Waals surface area contributed by atoms with Crippen LogP contribution in [0, 0.1) is 24.7 Å². The highest BCUT2D eigenvalue weighted by molar-refractivity contribution is 6.00. The van der Waals surface area contributed by atoms with Crippen LogP contribution in [-0.2, 0) is 22.5 Å². The average molecular weight is 590 g/mol. The SMILES string of the molecule is CCc1n[nH]c(C)c1-c1ccc(NC(=O)C(NC(=O)c2ccnn2CCOC)C(C2CCCCC2)C2CCCCC2)nc1. The zero-order valence-electron chi connectivity index (χ0n) is 25.9. The molecule has 0 aromatic carbocycles. The Morgan fingerprint density at radius 2 is 1.74 bits per heavy atom. The second-order valence-corrected chi connectivity index (χ2v) is 12.2. The Morgan fingerprint density at radius 3 is 2.35 bits per heavy atom. The number of nitrogens with zero attached hydrogens (tertiary/aromatic N) is 4. The second kappa shape index (κ2) is 14.8. The van der Waals surface area contributed by atoms with Crippen LogP contribution in [0.4, 0.5) is 5.82 Å². The summed E-state index contributed by atoms with van der Waals surface area (Å²) in [5.74, 6) is 0.863. The van der Waals surface area contributed by atoms with Gasteiger partial charge in [-0.2, -0.15) is 10.2 Å². The zero-order valence-corrected chi connectivity index (χ0v) is 25.9. The van der Waals surface area contributed by atoms with E-state index in [0.29, 0.717) is 36.5 Å². The minimum absolute atomic E-state index is 0.0693. The number of hydrogen-bond donors (Lipinski definition) is 3. The van der Waals surface area contributed by atoms with Crippen molar-refractivity contribution in [2.24, 2.45) is 17.8 Å². The van der Waals surface area contributed by atoms with Crippen LogP contribution in [0.3, 0.4) is 0 Å². The maximum Gasteiger partial charge on any atom is 0.270 e. The molecule has 0 spiro atoms. The van der Waals surface area contributed by atoms with Gasteiger partial charge in [0.05, 0.1) is 18.8 Å². The molecule has 2 aliphatic carbocycles. The van der Waals surface area contributed by atoms with Gasteiger partial charge < -0.3 is 15.4 Å². The summed E-state index contributed by atoms with van der Waals surface area (Å²) < 4.78 is 6.86. The number of hydrogen-bond acceptors (Lipinski definition) is 6. The Hall–Kier alpha value is -3.53. The number of anilines is 1. The predicted molar refractivity (Wildman–Crippen MR) is 167 cm³/mol. The molecule has 0 radical (unpaired) electrons. The first-order valence-corrected chi connectivity index (χ1v) is 16.1. The molecular formula is C33H47N7O3. The summed E-state index contributed by atoms with van der Waals surface area (Å²) in [4.78, 5) is 32.6. The van der Waals surface area contributed by atoms with Crippen molar-refractivity contribution >= 4 is 17.6 Å². The van der Waals surface area contributed by atoms with E-state index in [2.05, 4.69) is 37.8 Å². The highest BCUT2D eigenvalue weighted by Gasteiger charge is 2.41. The highest BCUT2D eigenvalue weighted by Crippen LogP contribution is 2.42. The molecule has 3 N–H and O–H groups in total. The summed E-state index contributed by atoms with van der Waals surface area (Å²) in [6.07, 6.45) is 15.8. The van der Waals surface area contributed by atoms with Crippen molar-refractivity contribution in [3.8, 4) is 11.1 Å². The molecule has 10 nitrogen and oxygen atoms in total. The van der Waals surface area contributed by atoms with E-state index >= 15 is 0 Å². The van der Waals surface area contributed by atoms with Gasteiger partial charge in [0, 0.05) is 36.3 Å². The number of carbonyl (C=O) groups is 2. The molecule has 2 aliphatic rings. The molecule has 2 saturated carbocycles. The van der Waals surface area contributed by atoms with Crippen molar-refractivity contribution in [1.29, 1.82) is 0 Å². The Bertz CT molecular complexity index is 1320. The van der Waals surface area contributed by atoms with Crippen molar-refractivity contribution in [2.75, 3.05) is 19.0 Å². The molecule has 0 saturated heterocycles. The molecule has 0 bridgehead atoms. The van der Waals surface area contributed by atoms with E-state index in [4.69, 9.17) is 4.74 Å². The van der Waals surface area contributed by atoms with Gasteiger partial charge in [0.1, 0.15) is 17.6 Å². The van der Waals surface area contributed by atoms with Crippen LogP contribution in [0.15, 0.2) is 30.6 Å². The van der Waals surface area contributed by atoms with Crippen LogP contribution >= 0.6 is 0 Å². The number of aromatic amines is 1. The highest BCUT2D eigenvalue weighted by atomic mass is 16.5. The topological polar surface area (TPSA) is 127 Å². The lowest BCUT2D eigenvalue weighted by Gasteiger charge is -2.41. The summed E-state index contributed by atoms with van der Waals surface area (Å²) in [6.45, 7) is 4.99. The van der Waals surface area contributed by atoms with Gasteiger partial charge in [-0.25, -0.2) is 4.98 Å². The van der Waals surface area contributed by atoms with Crippen LogP contribution in [0.25, 0.3) is 11.1 Å². The summed E-state index contributed by atoms with van der Waals surface area (Å²) in [5, 5.41) is 18.1. The molecule has 3 aromatic heterocycles. The van der Waals surface area contributed by atoms with E-state index in [-0.39, 0.29) is 17.7 Å². The van der Waals surface area contributed by atoms with E-state index in [1.165, 1.54) is 38.5 Å². The lowest BCUT2D eigenvalue weighted by molar-refractivity contribution is -0.121. The molecule has 2 amide bonds. The van der Waals surface area contributed by atoms with Crippen molar-refractivity contribution < 1.29 is 14.3 Å². The smallest absolute Gasteiger partial charge is 0.270 e. The quantitative estimate of drug-likeness (QED) is 0.249. The Kier molecular flexibility index (Phi) is 10.6. The number of H-pyrrole nitrogens is 1. The molecule has 1 unspecified atom stereocenters. The third kappa shape index (κ3) is 7.34. The van der Waals surface area contributed by atoms with Gasteiger partial charge in [0.15, 0.2) is 0 Å². The fourth-order valence-electron chi connectivity index (χ4n) is 7.34. The molecule has 43 heavy (non-hydrogen) atoms. The first kappa shape index (κ1) is 30.9. The van der Waals surface area contributed by atoms with Gasteiger partial charge in [0.25, 0.3) is 5.91 Å². The first-order chi connectivity index (χ1) is 21.0. The zero-order chi connectivity index (χ0) is 30.2. The van der Waals surface area contributed by atoms with Crippen LogP contribution in [-0.4, -0.2) is 56.5 Å². The van der Waals surface area contributed by atoms with E-state index < -0.39 is 6.04 Å². The van der Waals surface area contributed by atoms with E-state index in [1.807, 2.05) is 19.1 Å². The van der Waals surface area contributed by atoms with Gasteiger partial charge in [-0.1, -0.05) is 71.1 Å². The lowest BCUT2D eigenvalue weighted by atomic mass is 9.66. The number of amides is 2. The van der Waals surface area contributed by atoms with Crippen LogP contribution in [0.1, 0.15) is 93.0 Å². The number of pyridine rings is 1. The molecule has 1 atom stereocenters. The van der Waals surface area contributed by atoms with Crippen LogP contribution < -0.4 is 10.6 Å². The van der Waals surface area contributed by atoms with Gasteiger partial charge >= 0.3 is 0 Å². The monoisotopic (exact) mass is 589 g/mol. The fourth-order valence-corrected chi connectivity index (χ4v) is 7.34. The minimum Gasteiger partial charge on any atom is -0.383 e. The molecule has 0 aliphatic heterocycles. The van der Waals surface area contributed by atoms with Crippen molar-refractivity contribution in [1.82, 2.24) is 30.3 Å². The van der Waals surface area contributed by atoms with Crippen LogP contribution in [0.2, 0.25) is 0 Å². The summed E-state index contributed by atoms with van der Waals surface area (Å²) in [7, 11) is 1.63. The lowest BCUT2D eigenvalue weighted by Crippen LogP contribution is -2.53. The van der Waals surface area contributed by atoms with Crippen LogP contribution in [0.5, 0.6) is 0 Å². The molecule has 3 heterocycles. The van der Waals surface area contributed by atoms with Gasteiger partial charge in [-0.15, -0.1) is 0 Å². The van der Waals surface area contributed by atoms with E-state index in [0.717, 1.165) is 54.6 Å². The standard InChI is InChI=1S/C33H47N7O3/c1-4-26-29(22(2)38-39-26)25-15-16-28(34-21-25)36-33(42)31(37-32(41)27-17-18-35-40(27)19-20-43-3)30(23-11-7-5-8-12-23)24-13-9-6-10-14-24/h15-18,21,23-24,30-31H,4-14,19-20H2,1-3H3,(H,37,41)(H,38,39)(H,34,36,42). The normalized spacial score (nSPS) is 17.2. The Morgan fingerprint density at radius 1 is 1.05 bits per heavy atom. The molecule has 5 rings (SSSR count). The molecular weight excluding hydrogens is 542 g/mol. The number of methoxy groups -OCH3 is 1. The number of aromatic nitrogens is 5. The van der Waals surface area contributed by atoms with Gasteiger partial charge in [0.2, 0.25) is 5.91 Å². The minimum atomic E-state index is -0.672. The first-order valence-electron chi connectivity index (χ1n) is 16.1. The molecule has 3 aromatic rings. The largest absolute Gasteiger partial charge is 0.383 e. The predicted octanol–water partition coefficient (Wildman–Crippen LogP) is 5.70. The third-order valence-electron chi connectivity index (χ3n) is 9.46. The summed E-state index contributed by atoms with van der Waals surface area (Å²) in [6, 6.07) is 4.85. The average Bonchev–Trinajstić information content (AvgIpc) is 3.67. The third-order valence-corrected chi connectivity index (χ3v) is 9.46. The Balaban J connectivity index is 1.42. The number of ether oxygens (including phenoxy) is 1. The fraction of sp³-hybridized carbons (Fsp3) is 0.606.